The molecular formula is C14H18ClN3O2. The fourth-order valence-corrected chi connectivity index (χ4v) is 1.48. The number of benzene rings is 1. The summed E-state index contributed by atoms with van der Waals surface area (Å²) in [4.78, 5) is 4.06. The lowest BCUT2D eigenvalue weighted by Gasteiger charge is -2.09. The summed E-state index contributed by atoms with van der Waals surface area (Å²) in [5.41, 5.74) is 6.38. The highest BCUT2D eigenvalue weighted by Crippen LogP contribution is 2.19. The van der Waals surface area contributed by atoms with Crippen molar-refractivity contribution in [2.75, 3.05) is 13.7 Å². The van der Waals surface area contributed by atoms with E-state index in [0.29, 0.717) is 5.75 Å². The molecule has 1 rings (SSSR count). The van der Waals surface area contributed by atoms with Crippen molar-refractivity contribution < 1.29 is 9.84 Å². The molecule has 1 aromatic carbocycles. The van der Waals surface area contributed by atoms with E-state index in [1.807, 2.05) is 0 Å². The number of aliphatic imine (C=N–C) groups is 1. The topological polar surface area (TPSA) is 79.9 Å². The zero-order valence-corrected chi connectivity index (χ0v) is 12.0. The first kappa shape index (κ1) is 16.1. The Bertz CT molecular complexity index is 515. The first-order valence-corrected chi connectivity index (χ1v) is 6.30. The van der Waals surface area contributed by atoms with Crippen LogP contribution in [0.4, 0.5) is 0 Å². The maximum absolute atomic E-state index is 10.0. The van der Waals surface area contributed by atoms with Crippen molar-refractivity contribution in [2.24, 2.45) is 10.7 Å². The molecule has 0 bridgehead atoms. The van der Waals surface area contributed by atoms with Gasteiger partial charge in [-0.2, -0.15) is 0 Å². The molecule has 0 aliphatic carbocycles. The number of hydrogen-bond donors (Lipinski definition) is 3. The third-order valence-electron chi connectivity index (χ3n) is 2.42. The van der Waals surface area contributed by atoms with Crippen molar-refractivity contribution in [2.45, 2.75) is 6.10 Å². The van der Waals surface area contributed by atoms with Crippen molar-refractivity contribution in [3.8, 4) is 5.75 Å². The molecular weight excluding hydrogens is 278 g/mol. The lowest BCUT2D eigenvalue weighted by atomic mass is 10.1. The summed E-state index contributed by atoms with van der Waals surface area (Å²) in [5, 5.41) is 13.0. The Morgan fingerprint density at radius 1 is 1.65 bits per heavy atom. The highest BCUT2D eigenvalue weighted by Gasteiger charge is 2.07. The van der Waals surface area contributed by atoms with Gasteiger partial charge >= 0.3 is 0 Å². The zero-order chi connectivity index (χ0) is 15.0. The highest BCUT2D eigenvalue weighted by molar-refractivity contribution is 6.28. The molecule has 1 aromatic rings. The predicted molar refractivity (Wildman–Crippen MR) is 81.7 cm³/mol. The lowest BCUT2D eigenvalue weighted by Crippen LogP contribution is -2.12. The molecule has 0 amide bonds. The second-order valence-corrected chi connectivity index (χ2v) is 4.40. The summed E-state index contributed by atoms with van der Waals surface area (Å²) < 4.78 is 5.09. The number of nitrogens with zero attached hydrogens (tertiary/aromatic N) is 1. The Hall–Kier alpha value is -1.98. The highest BCUT2D eigenvalue weighted by atomic mass is 35.5. The van der Waals surface area contributed by atoms with Gasteiger partial charge in [0.1, 0.15) is 11.6 Å². The van der Waals surface area contributed by atoms with Gasteiger partial charge in [0.2, 0.25) is 0 Å². The van der Waals surface area contributed by atoms with Crippen LogP contribution in [0.3, 0.4) is 0 Å². The molecule has 1 atom stereocenters. The maximum Gasteiger partial charge on any atom is 0.119 e. The molecule has 0 fully saturated rings. The quantitative estimate of drug-likeness (QED) is 0.408. The van der Waals surface area contributed by atoms with E-state index in [9.17, 15) is 5.11 Å². The summed E-state index contributed by atoms with van der Waals surface area (Å²) in [6.45, 7) is 3.61. The number of aliphatic hydroxyl groups is 1. The van der Waals surface area contributed by atoms with Crippen molar-refractivity contribution in [3.63, 3.8) is 0 Å². The van der Waals surface area contributed by atoms with Crippen molar-refractivity contribution in [1.82, 2.24) is 5.32 Å². The van der Waals surface area contributed by atoms with Gasteiger partial charge in [-0.3, -0.25) is 4.99 Å². The summed E-state index contributed by atoms with van der Waals surface area (Å²) >= 11 is 5.51. The molecule has 20 heavy (non-hydrogen) atoms. The van der Waals surface area contributed by atoms with Crippen molar-refractivity contribution in [3.05, 3.63) is 53.8 Å². The molecule has 6 heteroatoms. The number of ether oxygens (including phenoxy) is 1. The summed E-state index contributed by atoms with van der Waals surface area (Å²) in [5.74, 6) is 0.959. The van der Waals surface area contributed by atoms with Gasteiger partial charge in [0, 0.05) is 6.20 Å². The Balaban J connectivity index is 2.58. The monoisotopic (exact) mass is 295 g/mol. The van der Waals surface area contributed by atoms with Crippen LogP contribution >= 0.6 is 11.6 Å². The van der Waals surface area contributed by atoms with Gasteiger partial charge in [0.25, 0.3) is 0 Å². The molecule has 0 heterocycles. The molecule has 0 aliphatic rings. The van der Waals surface area contributed by atoms with Gasteiger partial charge < -0.3 is 20.9 Å². The molecule has 0 saturated carbocycles. The Morgan fingerprint density at radius 3 is 3.05 bits per heavy atom. The molecule has 0 saturated heterocycles. The van der Waals surface area contributed by atoms with Crippen LogP contribution in [0, 0.1) is 0 Å². The number of halogens is 1. The molecule has 0 radical (unpaired) electrons. The number of rotatable bonds is 7. The molecule has 1 unspecified atom stereocenters. The summed E-state index contributed by atoms with van der Waals surface area (Å²) in [6, 6.07) is 7.17. The van der Waals surface area contributed by atoms with Crippen LogP contribution < -0.4 is 15.8 Å². The molecule has 5 nitrogen and oxygen atoms in total. The van der Waals surface area contributed by atoms with Crippen LogP contribution in [0.1, 0.15) is 11.7 Å². The number of nitrogens with two attached hydrogens (primary N) is 1. The minimum Gasteiger partial charge on any atom is -0.497 e. The van der Waals surface area contributed by atoms with E-state index in [-0.39, 0.29) is 17.5 Å². The fourth-order valence-electron chi connectivity index (χ4n) is 1.42. The summed E-state index contributed by atoms with van der Waals surface area (Å²) in [7, 11) is 1.57. The standard InChI is InChI=1S/C14H18ClN3O2/c1-10(15)17-7-6-14(16)18-9-13(19)11-4-3-5-12(8-11)20-2/h3-8,13,17,19H,1,9H2,2H3,(H2,16,18). The first-order valence-electron chi connectivity index (χ1n) is 5.92. The van der Waals surface area contributed by atoms with E-state index in [4.69, 9.17) is 22.1 Å². The predicted octanol–water partition coefficient (Wildman–Crippen LogP) is 1.90. The number of amidine groups is 1. The molecule has 0 aromatic heterocycles. The van der Waals surface area contributed by atoms with Gasteiger partial charge in [-0.15, -0.1) is 0 Å². The average Bonchev–Trinajstić information content (AvgIpc) is 2.44. The Morgan fingerprint density at radius 2 is 2.40 bits per heavy atom. The maximum atomic E-state index is 10.0. The van der Waals surface area contributed by atoms with Gasteiger partial charge in [0.05, 0.1) is 24.9 Å². The largest absolute Gasteiger partial charge is 0.497 e. The molecule has 0 spiro atoms. The minimum absolute atomic E-state index is 0.158. The molecule has 4 N–H and O–H groups in total. The van der Waals surface area contributed by atoms with Crippen LogP contribution in [0.5, 0.6) is 5.75 Å². The van der Waals surface area contributed by atoms with Crippen molar-refractivity contribution >= 4 is 17.4 Å². The van der Waals surface area contributed by atoms with Crippen LogP contribution in [0.25, 0.3) is 0 Å². The van der Waals surface area contributed by atoms with E-state index in [0.717, 1.165) is 5.56 Å². The number of methoxy groups -OCH3 is 1. The number of nitrogens with one attached hydrogen (secondary N) is 1. The van der Waals surface area contributed by atoms with Gasteiger partial charge in [0.15, 0.2) is 0 Å². The zero-order valence-electron chi connectivity index (χ0n) is 11.2. The van der Waals surface area contributed by atoms with Crippen molar-refractivity contribution in [1.29, 1.82) is 0 Å². The molecule has 108 valence electrons. The van der Waals surface area contributed by atoms with E-state index in [1.54, 1.807) is 31.4 Å². The SMILES string of the molecule is C=C(Cl)NC=CC(N)=NCC(O)c1cccc(OC)c1. The smallest absolute Gasteiger partial charge is 0.119 e. The Labute approximate surface area is 123 Å². The number of aliphatic hydroxyl groups excluding tert-OH is 1. The van der Waals surface area contributed by atoms with Gasteiger partial charge in [-0.05, 0) is 23.8 Å². The lowest BCUT2D eigenvalue weighted by molar-refractivity contribution is 0.187. The van der Waals surface area contributed by atoms with Crippen LogP contribution in [-0.4, -0.2) is 24.6 Å². The number of hydrogen-bond acceptors (Lipinski definition) is 4. The second kappa shape index (κ2) is 8.24. The summed E-state index contributed by atoms with van der Waals surface area (Å²) in [6.07, 6.45) is 2.31. The van der Waals surface area contributed by atoms with E-state index in [2.05, 4.69) is 16.9 Å². The van der Waals surface area contributed by atoms with Gasteiger partial charge in [-0.25, -0.2) is 0 Å². The Kier molecular flexibility index (Phi) is 6.63. The first-order chi connectivity index (χ1) is 9.52. The minimum atomic E-state index is -0.743. The van der Waals surface area contributed by atoms with Crippen LogP contribution in [-0.2, 0) is 0 Å². The third kappa shape index (κ3) is 5.77. The fraction of sp³-hybridized carbons (Fsp3) is 0.214. The van der Waals surface area contributed by atoms with E-state index in [1.165, 1.54) is 12.3 Å². The third-order valence-corrected chi connectivity index (χ3v) is 2.53. The second-order valence-electron chi connectivity index (χ2n) is 3.94. The van der Waals surface area contributed by atoms with Gasteiger partial charge in [-0.1, -0.05) is 30.3 Å². The van der Waals surface area contributed by atoms with Crippen LogP contribution in [0.2, 0.25) is 0 Å². The van der Waals surface area contributed by atoms with Crippen LogP contribution in [0.15, 0.2) is 53.3 Å². The molecule has 0 aliphatic heterocycles. The van der Waals surface area contributed by atoms with E-state index >= 15 is 0 Å². The normalized spacial score (nSPS) is 13.2. The van der Waals surface area contributed by atoms with E-state index < -0.39 is 6.10 Å². The average molecular weight is 296 g/mol.